The molecule has 0 atom stereocenters. The Bertz CT molecular complexity index is 517. The fourth-order valence-electron chi connectivity index (χ4n) is 2.66. The van der Waals surface area contributed by atoms with Gasteiger partial charge in [0.15, 0.2) is 0 Å². The molecule has 0 spiro atoms. The standard InChI is InChI=1S/C18H28FN3O2/c1-15(2)14-24-13-5-8-20-18(23)22-11-9-21(10-12-22)17-7-4-3-6-16(17)19/h3-4,6-7,15H,5,8-14H2,1-2H3,(H,20,23). The molecule has 1 aliphatic rings. The second-order valence-electron chi connectivity index (χ2n) is 6.48. The van der Waals surface area contributed by atoms with Gasteiger partial charge in [-0.3, -0.25) is 0 Å². The van der Waals surface area contributed by atoms with Crippen LogP contribution in [0, 0.1) is 11.7 Å². The number of halogens is 1. The van der Waals surface area contributed by atoms with Crippen LogP contribution in [0.2, 0.25) is 0 Å². The largest absolute Gasteiger partial charge is 0.381 e. The summed E-state index contributed by atoms with van der Waals surface area (Å²) in [5.41, 5.74) is 0.611. The quantitative estimate of drug-likeness (QED) is 0.778. The molecule has 0 saturated carbocycles. The van der Waals surface area contributed by atoms with Crippen LogP contribution < -0.4 is 10.2 Å². The van der Waals surface area contributed by atoms with E-state index in [-0.39, 0.29) is 11.8 Å². The molecule has 1 aromatic carbocycles. The summed E-state index contributed by atoms with van der Waals surface area (Å²) in [5.74, 6) is 0.321. The Morgan fingerprint density at radius 2 is 1.96 bits per heavy atom. The van der Waals surface area contributed by atoms with Crippen molar-refractivity contribution >= 4 is 11.7 Å². The first-order valence-corrected chi connectivity index (χ1v) is 8.68. The van der Waals surface area contributed by atoms with E-state index in [1.54, 1.807) is 17.0 Å². The van der Waals surface area contributed by atoms with E-state index in [1.807, 2.05) is 11.0 Å². The number of piperazine rings is 1. The van der Waals surface area contributed by atoms with Gasteiger partial charge in [-0.15, -0.1) is 0 Å². The molecular formula is C18H28FN3O2. The molecule has 6 heteroatoms. The summed E-state index contributed by atoms with van der Waals surface area (Å²) in [7, 11) is 0. The molecule has 0 bridgehead atoms. The molecule has 5 nitrogen and oxygen atoms in total. The number of nitrogens with zero attached hydrogens (tertiary/aromatic N) is 2. The van der Waals surface area contributed by atoms with Crippen molar-refractivity contribution < 1.29 is 13.9 Å². The average Bonchev–Trinajstić information content (AvgIpc) is 2.58. The second kappa shape index (κ2) is 9.47. The van der Waals surface area contributed by atoms with E-state index in [0.29, 0.717) is 50.9 Å². The maximum Gasteiger partial charge on any atom is 0.317 e. The lowest BCUT2D eigenvalue weighted by Gasteiger charge is -2.36. The van der Waals surface area contributed by atoms with Crippen molar-refractivity contribution in [1.29, 1.82) is 0 Å². The topological polar surface area (TPSA) is 44.8 Å². The third-order valence-corrected chi connectivity index (χ3v) is 3.95. The molecule has 0 aliphatic carbocycles. The Hall–Kier alpha value is -1.82. The van der Waals surface area contributed by atoms with E-state index < -0.39 is 0 Å². The van der Waals surface area contributed by atoms with Crippen LogP contribution in [0.3, 0.4) is 0 Å². The van der Waals surface area contributed by atoms with Crippen molar-refractivity contribution in [3.8, 4) is 0 Å². The molecule has 1 aliphatic heterocycles. The number of carbonyl (C=O) groups is 1. The zero-order valence-corrected chi connectivity index (χ0v) is 14.6. The summed E-state index contributed by atoms with van der Waals surface area (Å²) >= 11 is 0. The summed E-state index contributed by atoms with van der Waals surface area (Å²) in [4.78, 5) is 15.9. The number of hydrogen-bond acceptors (Lipinski definition) is 3. The van der Waals surface area contributed by atoms with Crippen LogP contribution in [-0.2, 0) is 4.74 Å². The predicted molar refractivity (Wildman–Crippen MR) is 93.9 cm³/mol. The minimum absolute atomic E-state index is 0.0490. The number of urea groups is 1. The lowest BCUT2D eigenvalue weighted by molar-refractivity contribution is 0.107. The van der Waals surface area contributed by atoms with Crippen molar-refractivity contribution in [2.45, 2.75) is 20.3 Å². The Balaban J connectivity index is 1.65. The zero-order chi connectivity index (χ0) is 17.4. The van der Waals surface area contributed by atoms with E-state index in [4.69, 9.17) is 4.74 Å². The molecule has 0 radical (unpaired) electrons. The maximum atomic E-state index is 13.8. The fraction of sp³-hybridized carbons (Fsp3) is 0.611. The van der Waals surface area contributed by atoms with E-state index >= 15 is 0 Å². The second-order valence-corrected chi connectivity index (χ2v) is 6.48. The molecule has 2 amide bonds. The lowest BCUT2D eigenvalue weighted by Crippen LogP contribution is -2.52. The summed E-state index contributed by atoms with van der Waals surface area (Å²) in [6.45, 7) is 8.76. The normalized spacial score (nSPS) is 15.0. The molecule has 0 aromatic heterocycles. The van der Waals surface area contributed by atoms with Crippen LogP contribution in [0.25, 0.3) is 0 Å². The Morgan fingerprint density at radius 1 is 1.25 bits per heavy atom. The highest BCUT2D eigenvalue weighted by atomic mass is 19.1. The van der Waals surface area contributed by atoms with Crippen LogP contribution in [0.1, 0.15) is 20.3 Å². The van der Waals surface area contributed by atoms with Crippen LogP contribution >= 0.6 is 0 Å². The number of rotatable bonds is 7. The molecule has 0 unspecified atom stereocenters. The molecular weight excluding hydrogens is 309 g/mol. The van der Waals surface area contributed by atoms with Crippen molar-refractivity contribution in [2.24, 2.45) is 5.92 Å². The number of ether oxygens (including phenoxy) is 1. The molecule has 1 fully saturated rings. The molecule has 2 rings (SSSR count). The molecule has 134 valence electrons. The number of hydrogen-bond donors (Lipinski definition) is 1. The minimum atomic E-state index is -0.211. The van der Waals surface area contributed by atoms with Gasteiger partial charge in [0.05, 0.1) is 5.69 Å². The third-order valence-electron chi connectivity index (χ3n) is 3.95. The van der Waals surface area contributed by atoms with Crippen molar-refractivity contribution in [3.63, 3.8) is 0 Å². The maximum absolute atomic E-state index is 13.8. The van der Waals surface area contributed by atoms with E-state index in [9.17, 15) is 9.18 Å². The highest BCUT2D eigenvalue weighted by Crippen LogP contribution is 2.20. The first-order valence-electron chi connectivity index (χ1n) is 8.68. The van der Waals surface area contributed by atoms with Gasteiger partial charge >= 0.3 is 6.03 Å². The van der Waals surface area contributed by atoms with Crippen LogP contribution in [0.15, 0.2) is 24.3 Å². The smallest absolute Gasteiger partial charge is 0.317 e. The summed E-state index contributed by atoms with van der Waals surface area (Å²) in [6.07, 6.45) is 0.813. The summed E-state index contributed by atoms with van der Waals surface area (Å²) < 4.78 is 19.3. The fourth-order valence-corrected chi connectivity index (χ4v) is 2.66. The summed E-state index contributed by atoms with van der Waals surface area (Å²) in [5, 5.41) is 2.92. The van der Waals surface area contributed by atoms with E-state index in [1.165, 1.54) is 6.07 Å². The van der Waals surface area contributed by atoms with Crippen molar-refractivity contribution in [1.82, 2.24) is 10.2 Å². The molecule has 1 N–H and O–H groups in total. The highest BCUT2D eigenvalue weighted by molar-refractivity contribution is 5.74. The van der Waals surface area contributed by atoms with Crippen LogP contribution in [0.5, 0.6) is 0 Å². The van der Waals surface area contributed by atoms with Gasteiger partial charge in [0.1, 0.15) is 5.82 Å². The van der Waals surface area contributed by atoms with E-state index in [2.05, 4.69) is 19.2 Å². The third kappa shape index (κ3) is 5.67. The Kier molecular flexibility index (Phi) is 7.31. The zero-order valence-electron chi connectivity index (χ0n) is 14.6. The number of para-hydroxylation sites is 1. The highest BCUT2D eigenvalue weighted by Gasteiger charge is 2.22. The minimum Gasteiger partial charge on any atom is -0.381 e. The van der Waals surface area contributed by atoms with Crippen LogP contribution in [0.4, 0.5) is 14.9 Å². The Morgan fingerprint density at radius 3 is 2.62 bits per heavy atom. The first kappa shape index (κ1) is 18.5. The Labute approximate surface area is 143 Å². The lowest BCUT2D eigenvalue weighted by atomic mass is 10.2. The number of amides is 2. The molecule has 24 heavy (non-hydrogen) atoms. The van der Waals surface area contributed by atoms with Gasteiger partial charge in [-0.2, -0.15) is 0 Å². The monoisotopic (exact) mass is 337 g/mol. The van der Waals surface area contributed by atoms with Gasteiger partial charge in [0, 0.05) is 45.9 Å². The number of anilines is 1. The summed E-state index contributed by atoms with van der Waals surface area (Å²) in [6, 6.07) is 6.72. The van der Waals surface area contributed by atoms with Crippen LogP contribution in [-0.4, -0.2) is 56.9 Å². The van der Waals surface area contributed by atoms with E-state index in [0.717, 1.165) is 13.0 Å². The molecule has 1 saturated heterocycles. The van der Waals surface area contributed by atoms with Gasteiger partial charge in [-0.1, -0.05) is 26.0 Å². The number of carbonyl (C=O) groups excluding carboxylic acids is 1. The van der Waals surface area contributed by atoms with Gasteiger partial charge in [-0.05, 0) is 24.5 Å². The van der Waals surface area contributed by atoms with Gasteiger partial charge in [0.25, 0.3) is 0 Å². The molecule has 1 aromatic rings. The number of nitrogens with one attached hydrogen (secondary N) is 1. The van der Waals surface area contributed by atoms with Gasteiger partial charge < -0.3 is 19.9 Å². The number of benzene rings is 1. The van der Waals surface area contributed by atoms with Crippen molar-refractivity contribution in [3.05, 3.63) is 30.1 Å². The SMILES string of the molecule is CC(C)COCCCNC(=O)N1CCN(c2ccccc2F)CC1. The van der Waals surface area contributed by atoms with Gasteiger partial charge in [0.2, 0.25) is 0 Å². The van der Waals surface area contributed by atoms with Gasteiger partial charge in [-0.25, -0.2) is 9.18 Å². The molecule has 1 heterocycles. The van der Waals surface area contributed by atoms with Crippen molar-refractivity contribution in [2.75, 3.05) is 50.8 Å². The first-order chi connectivity index (χ1) is 11.6. The average molecular weight is 337 g/mol. The predicted octanol–water partition coefficient (Wildman–Crippen LogP) is 2.72.